The normalized spacial score (nSPS) is 18.6. The van der Waals surface area contributed by atoms with E-state index in [0.29, 0.717) is 12.5 Å². The lowest BCUT2D eigenvalue weighted by Crippen LogP contribution is -2.48. The van der Waals surface area contributed by atoms with E-state index in [1.165, 1.54) is 7.05 Å². The molecule has 0 aromatic carbocycles. The smallest absolute Gasteiger partial charge is 0.330 e. The average Bonchev–Trinajstić information content (AvgIpc) is 2.30. The van der Waals surface area contributed by atoms with Crippen LogP contribution < -0.4 is 10.6 Å². The van der Waals surface area contributed by atoms with Gasteiger partial charge in [0.2, 0.25) is 5.91 Å². The van der Waals surface area contributed by atoms with E-state index in [1.807, 2.05) is 0 Å². The van der Waals surface area contributed by atoms with Crippen LogP contribution in [0.3, 0.4) is 0 Å². The summed E-state index contributed by atoms with van der Waals surface area (Å²) in [6.07, 6.45) is 2.92. The third-order valence-electron chi connectivity index (χ3n) is 2.99. The minimum absolute atomic E-state index is 0.480. The number of ether oxygens (including phenoxy) is 1. The maximum absolute atomic E-state index is 11.5. The number of amides is 1. The van der Waals surface area contributed by atoms with Crippen LogP contribution in [-0.2, 0) is 14.3 Å². The number of hydrogen-bond donors (Lipinski definition) is 3. The first-order chi connectivity index (χ1) is 8.15. The van der Waals surface area contributed by atoms with Crippen molar-refractivity contribution in [2.45, 2.75) is 25.3 Å². The van der Waals surface area contributed by atoms with Crippen molar-refractivity contribution in [3.05, 3.63) is 0 Å². The summed E-state index contributed by atoms with van der Waals surface area (Å²) in [5, 5.41) is 13.8. The molecule has 1 fully saturated rings. The molecule has 0 aliphatic carbocycles. The molecule has 1 saturated heterocycles. The zero-order valence-electron chi connectivity index (χ0n) is 10.1. The van der Waals surface area contributed by atoms with Crippen LogP contribution in [0.25, 0.3) is 0 Å². The summed E-state index contributed by atoms with van der Waals surface area (Å²) < 4.78 is 5.24. The van der Waals surface area contributed by atoms with E-state index < -0.39 is 17.9 Å². The lowest BCUT2D eigenvalue weighted by Gasteiger charge is -2.22. The van der Waals surface area contributed by atoms with E-state index in [4.69, 9.17) is 9.84 Å². The first-order valence-electron chi connectivity index (χ1n) is 5.90. The van der Waals surface area contributed by atoms with E-state index in [9.17, 15) is 9.59 Å². The summed E-state index contributed by atoms with van der Waals surface area (Å²) in [5.74, 6) is -1.06. The quantitative estimate of drug-likeness (QED) is 0.553. The predicted octanol–water partition coefficient (Wildman–Crippen LogP) is -0.408. The Labute approximate surface area is 101 Å². The van der Waals surface area contributed by atoms with E-state index in [0.717, 1.165) is 32.5 Å². The fraction of sp³-hybridized carbons (Fsp3) is 0.818. The van der Waals surface area contributed by atoms with Crippen molar-refractivity contribution in [1.82, 2.24) is 10.6 Å². The number of carbonyl (C=O) groups excluding carboxylic acids is 1. The molecule has 0 saturated carbocycles. The number of hydrogen-bond acceptors (Lipinski definition) is 4. The van der Waals surface area contributed by atoms with Gasteiger partial charge < -0.3 is 15.2 Å². The summed E-state index contributed by atoms with van der Waals surface area (Å²) in [5.41, 5.74) is 0. The van der Waals surface area contributed by atoms with Crippen LogP contribution in [0.15, 0.2) is 0 Å². The molecule has 1 aliphatic rings. The summed E-state index contributed by atoms with van der Waals surface area (Å²) in [6, 6.07) is -1.16. The Bertz CT molecular complexity index is 264. The highest BCUT2D eigenvalue weighted by atomic mass is 16.5. The monoisotopic (exact) mass is 244 g/mol. The van der Waals surface area contributed by atoms with Gasteiger partial charge in [-0.1, -0.05) is 0 Å². The van der Waals surface area contributed by atoms with Crippen molar-refractivity contribution in [3.63, 3.8) is 0 Å². The maximum atomic E-state index is 11.5. The largest absolute Gasteiger partial charge is 0.480 e. The summed E-state index contributed by atoms with van der Waals surface area (Å²) in [7, 11) is 1.46. The molecule has 1 unspecified atom stereocenters. The van der Waals surface area contributed by atoms with Crippen molar-refractivity contribution in [3.8, 4) is 0 Å². The number of rotatable bonds is 6. The number of aliphatic carboxylic acids is 1. The molecule has 98 valence electrons. The molecule has 0 aromatic heterocycles. The highest BCUT2D eigenvalue weighted by Gasteiger charge is 2.23. The fourth-order valence-corrected chi connectivity index (χ4v) is 1.90. The van der Waals surface area contributed by atoms with Gasteiger partial charge in [0.25, 0.3) is 0 Å². The molecule has 0 radical (unpaired) electrons. The molecule has 0 bridgehead atoms. The molecule has 3 N–H and O–H groups in total. The van der Waals surface area contributed by atoms with E-state index in [-0.39, 0.29) is 0 Å². The van der Waals surface area contributed by atoms with Gasteiger partial charge in [-0.3, -0.25) is 10.1 Å². The molecule has 0 aromatic rings. The summed E-state index contributed by atoms with van der Waals surface area (Å²) >= 11 is 0. The number of nitrogens with one attached hydrogen (secondary N) is 2. The minimum atomic E-state index is -1.16. The van der Waals surface area contributed by atoms with Gasteiger partial charge in [-0.25, -0.2) is 4.79 Å². The molecule has 17 heavy (non-hydrogen) atoms. The molecule has 1 heterocycles. The lowest BCUT2D eigenvalue weighted by atomic mass is 9.97. The Morgan fingerprint density at radius 1 is 1.41 bits per heavy atom. The molecule has 1 amide bonds. The standard InChI is InChI=1S/C11H20N2O4/c1-12-9(11(15)16)10(14)13-5-2-8-3-6-17-7-4-8/h8-9,12H,2-7H2,1H3,(H,13,14)(H,15,16). The van der Waals surface area contributed by atoms with Crippen molar-refractivity contribution >= 4 is 11.9 Å². The second kappa shape index (κ2) is 7.24. The van der Waals surface area contributed by atoms with Gasteiger partial charge in [0.05, 0.1) is 0 Å². The molecule has 6 heteroatoms. The van der Waals surface area contributed by atoms with Crippen molar-refractivity contribution < 1.29 is 19.4 Å². The van der Waals surface area contributed by atoms with Crippen molar-refractivity contribution in [1.29, 1.82) is 0 Å². The Morgan fingerprint density at radius 3 is 2.59 bits per heavy atom. The maximum Gasteiger partial charge on any atom is 0.330 e. The van der Waals surface area contributed by atoms with Crippen LogP contribution in [0.4, 0.5) is 0 Å². The lowest BCUT2D eigenvalue weighted by molar-refractivity contribution is -0.143. The van der Waals surface area contributed by atoms with Gasteiger partial charge in [0.15, 0.2) is 6.04 Å². The summed E-state index contributed by atoms with van der Waals surface area (Å²) in [6.45, 7) is 2.09. The van der Waals surface area contributed by atoms with Gasteiger partial charge in [0, 0.05) is 19.8 Å². The molecule has 1 atom stereocenters. The zero-order chi connectivity index (χ0) is 12.7. The minimum Gasteiger partial charge on any atom is -0.480 e. The zero-order valence-corrected chi connectivity index (χ0v) is 10.1. The van der Waals surface area contributed by atoms with Crippen molar-refractivity contribution in [2.24, 2.45) is 5.92 Å². The molecule has 6 nitrogen and oxygen atoms in total. The fourth-order valence-electron chi connectivity index (χ4n) is 1.90. The Hall–Kier alpha value is -1.14. The van der Waals surface area contributed by atoms with E-state index >= 15 is 0 Å². The van der Waals surface area contributed by atoms with E-state index in [2.05, 4.69) is 10.6 Å². The van der Waals surface area contributed by atoms with Gasteiger partial charge >= 0.3 is 5.97 Å². The number of carboxylic acids is 1. The second-order valence-corrected chi connectivity index (χ2v) is 4.20. The highest BCUT2D eigenvalue weighted by molar-refractivity contribution is 6.01. The molecular formula is C11H20N2O4. The second-order valence-electron chi connectivity index (χ2n) is 4.20. The number of carboxylic acid groups (broad SMARTS) is 1. The Morgan fingerprint density at radius 2 is 2.06 bits per heavy atom. The van der Waals surface area contributed by atoms with Gasteiger partial charge in [-0.2, -0.15) is 0 Å². The van der Waals surface area contributed by atoms with Crippen LogP contribution in [0, 0.1) is 5.92 Å². The van der Waals surface area contributed by atoms with Gasteiger partial charge in [-0.15, -0.1) is 0 Å². The van der Waals surface area contributed by atoms with Crippen molar-refractivity contribution in [2.75, 3.05) is 26.8 Å². The van der Waals surface area contributed by atoms with Gasteiger partial charge in [-0.05, 0) is 32.2 Å². The van der Waals surface area contributed by atoms with Gasteiger partial charge in [0.1, 0.15) is 0 Å². The van der Waals surface area contributed by atoms with Crippen LogP contribution >= 0.6 is 0 Å². The molecular weight excluding hydrogens is 224 g/mol. The Balaban J connectivity index is 2.20. The highest BCUT2D eigenvalue weighted by Crippen LogP contribution is 2.17. The average molecular weight is 244 g/mol. The van der Waals surface area contributed by atoms with E-state index in [1.54, 1.807) is 0 Å². The first kappa shape index (κ1) is 13.9. The predicted molar refractivity (Wildman–Crippen MR) is 61.7 cm³/mol. The SMILES string of the molecule is CNC(C(=O)O)C(=O)NCCC1CCOCC1. The Kier molecular flexibility index (Phi) is 5.93. The molecule has 0 spiro atoms. The third-order valence-corrected chi connectivity index (χ3v) is 2.99. The third kappa shape index (κ3) is 4.70. The number of likely N-dealkylation sites (N-methyl/N-ethyl adjacent to an activating group) is 1. The van der Waals surface area contributed by atoms with Crippen LogP contribution in [0.1, 0.15) is 19.3 Å². The molecule has 1 aliphatic heterocycles. The van der Waals surface area contributed by atoms with Crippen LogP contribution in [-0.4, -0.2) is 49.8 Å². The number of carbonyl (C=O) groups is 2. The summed E-state index contributed by atoms with van der Waals surface area (Å²) in [4.78, 5) is 22.2. The molecule has 1 rings (SSSR count). The van der Waals surface area contributed by atoms with Crippen LogP contribution in [0.5, 0.6) is 0 Å². The van der Waals surface area contributed by atoms with Crippen LogP contribution in [0.2, 0.25) is 0 Å². The first-order valence-corrected chi connectivity index (χ1v) is 5.90. The topological polar surface area (TPSA) is 87.7 Å².